The fourth-order valence-corrected chi connectivity index (χ4v) is 4.85. The summed E-state index contributed by atoms with van der Waals surface area (Å²) < 4.78 is 31.0. The number of hydrogen-bond acceptors (Lipinski definition) is 5. The molecule has 0 N–H and O–H groups in total. The third-order valence-corrected chi connectivity index (χ3v) is 6.89. The summed E-state index contributed by atoms with van der Waals surface area (Å²) in [6.07, 6.45) is 3.59. The zero-order chi connectivity index (χ0) is 20.6. The molecule has 6 nitrogen and oxygen atoms in total. The monoisotopic (exact) mass is 408 g/mol. The van der Waals surface area contributed by atoms with Gasteiger partial charge in [-0.05, 0) is 63.5 Å². The third kappa shape index (κ3) is 5.26. The van der Waals surface area contributed by atoms with Gasteiger partial charge in [-0.15, -0.1) is 0 Å². The molecule has 3 rings (SSSR count). The number of benzene rings is 1. The number of amides is 1. The molecule has 1 saturated heterocycles. The van der Waals surface area contributed by atoms with Crippen molar-refractivity contribution in [3.8, 4) is 0 Å². The van der Waals surface area contributed by atoms with Crippen molar-refractivity contribution in [1.82, 2.24) is 9.21 Å². The van der Waals surface area contributed by atoms with Crippen LogP contribution in [0.15, 0.2) is 30.3 Å². The second-order valence-electron chi connectivity index (χ2n) is 9.30. The van der Waals surface area contributed by atoms with E-state index in [1.165, 1.54) is 5.56 Å². The Morgan fingerprint density at radius 2 is 1.86 bits per heavy atom. The summed E-state index contributed by atoms with van der Waals surface area (Å²) in [4.78, 5) is 15.0. The number of rotatable bonds is 5. The first-order valence-electron chi connectivity index (χ1n) is 9.96. The van der Waals surface area contributed by atoms with Crippen LogP contribution in [0.25, 0.3) is 0 Å². The van der Waals surface area contributed by atoms with E-state index in [2.05, 4.69) is 17.0 Å². The first-order valence-corrected chi connectivity index (χ1v) is 11.8. The zero-order valence-corrected chi connectivity index (χ0v) is 18.2. The topological polar surface area (TPSA) is 66.9 Å². The lowest BCUT2D eigenvalue weighted by Gasteiger charge is -2.41. The van der Waals surface area contributed by atoms with Crippen LogP contribution < -0.4 is 0 Å². The number of nitrogens with zero attached hydrogens (tertiary/aromatic N) is 2. The van der Waals surface area contributed by atoms with E-state index in [0.29, 0.717) is 0 Å². The Bertz CT molecular complexity index is 797. The molecule has 0 bridgehead atoms. The lowest BCUT2D eigenvalue weighted by molar-refractivity contribution is 0.0290. The summed E-state index contributed by atoms with van der Waals surface area (Å²) in [6, 6.07) is 10.3. The molecule has 7 heteroatoms. The maximum absolute atomic E-state index is 12.6. The normalized spacial score (nSPS) is 22.1. The summed E-state index contributed by atoms with van der Waals surface area (Å²) in [5.41, 5.74) is 0.696. The van der Waals surface area contributed by atoms with Gasteiger partial charge in [0, 0.05) is 19.6 Å². The van der Waals surface area contributed by atoms with Gasteiger partial charge >= 0.3 is 6.09 Å². The van der Waals surface area contributed by atoms with E-state index in [-0.39, 0.29) is 17.9 Å². The minimum atomic E-state index is -3.69. The quantitative estimate of drug-likeness (QED) is 0.746. The molecule has 2 fully saturated rings. The lowest BCUT2D eigenvalue weighted by Crippen LogP contribution is -2.49. The van der Waals surface area contributed by atoms with Crippen LogP contribution in [0.5, 0.6) is 0 Å². The van der Waals surface area contributed by atoms with Crippen LogP contribution in [-0.2, 0) is 21.3 Å². The van der Waals surface area contributed by atoms with Crippen LogP contribution in [-0.4, -0.2) is 55.2 Å². The van der Waals surface area contributed by atoms with Gasteiger partial charge in [-0.2, -0.15) is 0 Å². The largest absolute Gasteiger partial charge is 0.443 e. The summed E-state index contributed by atoms with van der Waals surface area (Å²) in [6.45, 7) is 8.08. The van der Waals surface area contributed by atoms with Gasteiger partial charge < -0.3 is 4.74 Å². The Kier molecular flexibility index (Phi) is 5.79. The maximum atomic E-state index is 12.6. The van der Waals surface area contributed by atoms with E-state index in [4.69, 9.17) is 4.74 Å². The number of ether oxygens (including phenoxy) is 1. The van der Waals surface area contributed by atoms with Crippen molar-refractivity contribution in [3.63, 3.8) is 0 Å². The van der Waals surface area contributed by atoms with Gasteiger partial charge in [-0.3, -0.25) is 4.90 Å². The highest BCUT2D eigenvalue weighted by atomic mass is 32.2. The Balaban J connectivity index is 1.73. The summed E-state index contributed by atoms with van der Waals surface area (Å²) >= 11 is 0. The van der Waals surface area contributed by atoms with Crippen molar-refractivity contribution in [2.45, 2.75) is 52.2 Å². The minimum Gasteiger partial charge on any atom is -0.443 e. The molecular weight excluding hydrogens is 376 g/mol. The molecule has 156 valence electrons. The highest BCUT2D eigenvalue weighted by Gasteiger charge is 2.53. The lowest BCUT2D eigenvalue weighted by atomic mass is 9.82. The highest BCUT2D eigenvalue weighted by molar-refractivity contribution is 7.88. The van der Waals surface area contributed by atoms with Crippen LogP contribution in [0.1, 0.15) is 45.6 Å². The number of hydrogen-bond donors (Lipinski definition) is 0. The Hall–Kier alpha value is -1.60. The molecule has 28 heavy (non-hydrogen) atoms. The van der Waals surface area contributed by atoms with E-state index in [9.17, 15) is 13.2 Å². The molecule has 1 atom stereocenters. The standard InChI is InChI=1S/C21H32N2O4S/c1-20(2,3)27-19(24)23(28(4,25)26)16-18-15-22(13-12-21(18)10-11-21)14-17-8-6-5-7-9-17/h5-9,18H,10-16H2,1-4H3. The van der Waals surface area contributed by atoms with Gasteiger partial charge in [-0.1, -0.05) is 30.3 Å². The van der Waals surface area contributed by atoms with Crippen molar-refractivity contribution < 1.29 is 17.9 Å². The molecule has 1 unspecified atom stereocenters. The van der Waals surface area contributed by atoms with Crippen LogP contribution in [0.2, 0.25) is 0 Å². The Labute approximate surface area is 168 Å². The molecule has 1 amide bonds. The van der Waals surface area contributed by atoms with Crippen LogP contribution in [0.3, 0.4) is 0 Å². The second-order valence-corrected chi connectivity index (χ2v) is 11.2. The molecule has 1 aliphatic heterocycles. The van der Waals surface area contributed by atoms with Crippen molar-refractivity contribution in [2.75, 3.05) is 25.9 Å². The summed E-state index contributed by atoms with van der Waals surface area (Å²) in [5.74, 6) is 0.132. The Morgan fingerprint density at radius 3 is 2.39 bits per heavy atom. The SMILES string of the molecule is CC(C)(C)OC(=O)N(CC1CN(Cc2ccccc2)CCC12CC2)S(C)(=O)=O. The number of likely N-dealkylation sites (tertiary alicyclic amines) is 1. The molecule has 1 aliphatic carbocycles. The van der Waals surface area contributed by atoms with Gasteiger partial charge in [0.1, 0.15) is 5.60 Å². The van der Waals surface area contributed by atoms with Crippen LogP contribution in [0, 0.1) is 11.3 Å². The first-order chi connectivity index (χ1) is 13.0. The molecule has 1 saturated carbocycles. The van der Waals surface area contributed by atoms with Gasteiger partial charge in [0.2, 0.25) is 10.0 Å². The van der Waals surface area contributed by atoms with Gasteiger partial charge in [0.05, 0.1) is 6.26 Å². The average molecular weight is 409 g/mol. The van der Waals surface area contributed by atoms with Crippen molar-refractivity contribution in [2.24, 2.45) is 11.3 Å². The second kappa shape index (κ2) is 7.67. The summed E-state index contributed by atoms with van der Waals surface area (Å²) in [5, 5.41) is 0. The molecule has 0 aromatic heterocycles. The average Bonchev–Trinajstić information content (AvgIpc) is 3.34. The van der Waals surface area contributed by atoms with Gasteiger partial charge in [0.15, 0.2) is 0 Å². The molecule has 1 aromatic carbocycles. The fraction of sp³-hybridized carbons (Fsp3) is 0.667. The van der Waals surface area contributed by atoms with Crippen molar-refractivity contribution >= 4 is 16.1 Å². The van der Waals surface area contributed by atoms with E-state index in [1.807, 2.05) is 18.2 Å². The number of carbonyl (C=O) groups is 1. The van der Waals surface area contributed by atoms with Crippen LogP contribution >= 0.6 is 0 Å². The molecule has 1 heterocycles. The smallest absolute Gasteiger partial charge is 0.424 e. The van der Waals surface area contributed by atoms with Gasteiger partial charge in [0.25, 0.3) is 0 Å². The molecule has 2 aliphatic rings. The third-order valence-electron chi connectivity index (χ3n) is 5.80. The predicted molar refractivity (Wildman–Crippen MR) is 109 cm³/mol. The zero-order valence-electron chi connectivity index (χ0n) is 17.3. The number of carbonyl (C=O) groups excluding carboxylic acids is 1. The molecule has 1 aromatic rings. The first kappa shape index (κ1) is 21.1. The number of piperidine rings is 1. The van der Waals surface area contributed by atoms with E-state index < -0.39 is 21.7 Å². The molecule has 1 spiro atoms. The van der Waals surface area contributed by atoms with Crippen LogP contribution in [0.4, 0.5) is 4.79 Å². The highest BCUT2D eigenvalue weighted by Crippen LogP contribution is 2.57. The maximum Gasteiger partial charge on any atom is 0.424 e. The van der Waals surface area contributed by atoms with Crippen molar-refractivity contribution in [1.29, 1.82) is 0 Å². The van der Waals surface area contributed by atoms with E-state index in [0.717, 1.165) is 49.5 Å². The minimum absolute atomic E-state index is 0.132. The predicted octanol–water partition coefficient (Wildman–Crippen LogP) is 3.49. The summed E-state index contributed by atoms with van der Waals surface area (Å²) in [7, 11) is -3.69. The Morgan fingerprint density at radius 1 is 1.21 bits per heavy atom. The van der Waals surface area contributed by atoms with Gasteiger partial charge in [-0.25, -0.2) is 17.5 Å². The number of sulfonamides is 1. The fourth-order valence-electron chi connectivity index (χ4n) is 4.10. The van der Waals surface area contributed by atoms with E-state index in [1.54, 1.807) is 20.8 Å². The molecule has 0 radical (unpaired) electrons. The van der Waals surface area contributed by atoms with E-state index >= 15 is 0 Å². The van der Waals surface area contributed by atoms with Crippen molar-refractivity contribution in [3.05, 3.63) is 35.9 Å². The molecular formula is C21H32N2O4S.